The van der Waals surface area contributed by atoms with Gasteiger partial charge >= 0.3 is 6.18 Å². The number of benzene rings is 1. The maximum Gasteiger partial charge on any atom is 0.419 e. The van der Waals surface area contributed by atoms with Gasteiger partial charge in [-0.3, -0.25) is 0 Å². The first-order valence-electron chi connectivity index (χ1n) is 6.58. The summed E-state index contributed by atoms with van der Waals surface area (Å²) in [5.41, 5.74) is -1.63. The molecule has 0 saturated carbocycles. The molecule has 22 heavy (non-hydrogen) atoms. The molecule has 1 aromatic carbocycles. The second-order valence-electron chi connectivity index (χ2n) is 5.34. The first kappa shape index (κ1) is 17.2. The summed E-state index contributed by atoms with van der Waals surface area (Å²) in [6, 6.07) is 1.57. The summed E-state index contributed by atoms with van der Waals surface area (Å²) >= 11 is 0. The normalized spacial score (nSPS) is 24.5. The van der Waals surface area contributed by atoms with E-state index in [2.05, 4.69) is 0 Å². The van der Waals surface area contributed by atoms with Crippen molar-refractivity contribution in [2.24, 2.45) is 5.92 Å². The molecule has 0 aromatic heterocycles. The molecule has 1 aromatic rings. The van der Waals surface area contributed by atoms with Gasteiger partial charge in [0.15, 0.2) is 0 Å². The minimum atomic E-state index is -4.98. The van der Waals surface area contributed by atoms with E-state index in [1.807, 2.05) is 0 Å². The molecule has 124 valence electrons. The number of nitrogens with zero attached hydrogens (tertiary/aromatic N) is 1. The van der Waals surface area contributed by atoms with Gasteiger partial charge in [-0.15, -0.1) is 0 Å². The summed E-state index contributed by atoms with van der Waals surface area (Å²) in [5.74, 6) is -1.62. The lowest BCUT2D eigenvalue weighted by atomic mass is 9.98. The Morgan fingerprint density at radius 2 is 1.95 bits per heavy atom. The molecule has 0 spiro atoms. The highest BCUT2D eigenvalue weighted by Gasteiger charge is 2.37. The Balaban J connectivity index is 2.38. The largest absolute Gasteiger partial charge is 0.419 e. The van der Waals surface area contributed by atoms with Gasteiger partial charge < -0.3 is 5.11 Å². The third kappa shape index (κ3) is 3.26. The highest BCUT2D eigenvalue weighted by Crippen LogP contribution is 2.34. The van der Waals surface area contributed by atoms with Crippen molar-refractivity contribution in [1.29, 1.82) is 0 Å². The molecule has 9 heteroatoms. The predicted molar refractivity (Wildman–Crippen MR) is 69.9 cm³/mol. The number of piperidine rings is 1. The topological polar surface area (TPSA) is 57.6 Å². The summed E-state index contributed by atoms with van der Waals surface area (Å²) in [7, 11) is -4.21. The average molecular weight is 341 g/mol. The molecule has 1 saturated heterocycles. The molecule has 2 rings (SSSR count). The zero-order chi connectivity index (χ0) is 16.7. The van der Waals surface area contributed by atoms with Gasteiger partial charge in [-0.1, -0.05) is 6.92 Å². The number of aliphatic hydroxyl groups is 1. The molecule has 1 fully saturated rings. The molecule has 4 nitrogen and oxygen atoms in total. The van der Waals surface area contributed by atoms with Gasteiger partial charge in [0.05, 0.1) is 16.6 Å². The van der Waals surface area contributed by atoms with Crippen LogP contribution in [0.2, 0.25) is 0 Å². The van der Waals surface area contributed by atoms with Crippen LogP contribution in [0.25, 0.3) is 0 Å². The van der Waals surface area contributed by atoms with Crippen molar-refractivity contribution in [3.8, 4) is 0 Å². The second kappa shape index (κ2) is 5.78. The van der Waals surface area contributed by atoms with Crippen LogP contribution in [0.1, 0.15) is 18.9 Å². The number of β-amino-alcohol motifs (C(OH)–C–C–N with tert-alkyl or cyclic N) is 1. The van der Waals surface area contributed by atoms with Crippen molar-refractivity contribution in [3.05, 3.63) is 29.6 Å². The summed E-state index contributed by atoms with van der Waals surface area (Å²) < 4.78 is 76.9. The number of hydrogen-bond acceptors (Lipinski definition) is 3. The number of alkyl halides is 3. The Kier molecular flexibility index (Phi) is 4.51. The molecule has 0 amide bonds. The standard InChI is InChI=1S/C13H15F4NO3S/c1-8-4-5-18(7-12(8)19)22(20,21)9-2-3-11(14)10(6-9)13(15,16)17/h2-3,6,8,12,19H,4-5,7H2,1H3. The fourth-order valence-electron chi connectivity index (χ4n) is 2.27. The van der Waals surface area contributed by atoms with Crippen molar-refractivity contribution in [2.75, 3.05) is 13.1 Å². The fourth-order valence-corrected chi connectivity index (χ4v) is 3.77. The van der Waals surface area contributed by atoms with Crippen molar-refractivity contribution in [2.45, 2.75) is 30.5 Å². The van der Waals surface area contributed by atoms with E-state index in [-0.39, 0.29) is 25.1 Å². The molecule has 1 heterocycles. The molecular weight excluding hydrogens is 326 g/mol. The number of halogens is 4. The third-order valence-electron chi connectivity index (χ3n) is 3.76. The van der Waals surface area contributed by atoms with Crippen LogP contribution in [0.3, 0.4) is 0 Å². The summed E-state index contributed by atoms with van der Waals surface area (Å²) in [5, 5.41) is 9.74. The van der Waals surface area contributed by atoms with E-state index in [0.29, 0.717) is 12.5 Å². The van der Waals surface area contributed by atoms with Crippen LogP contribution < -0.4 is 0 Å². The average Bonchev–Trinajstić information content (AvgIpc) is 2.40. The molecule has 0 bridgehead atoms. The van der Waals surface area contributed by atoms with Gasteiger partial charge in [0.25, 0.3) is 0 Å². The zero-order valence-corrected chi connectivity index (χ0v) is 12.5. The molecule has 2 atom stereocenters. The Bertz CT molecular complexity index is 660. The lowest BCUT2D eigenvalue weighted by Gasteiger charge is -2.33. The fraction of sp³-hybridized carbons (Fsp3) is 0.538. The smallest absolute Gasteiger partial charge is 0.391 e. The minimum absolute atomic E-state index is 0.0922. The van der Waals surface area contributed by atoms with E-state index in [0.717, 1.165) is 10.4 Å². The van der Waals surface area contributed by atoms with E-state index < -0.39 is 38.6 Å². The van der Waals surface area contributed by atoms with E-state index in [1.165, 1.54) is 0 Å². The van der Waals surface area contributed by atoms with Crippen LogP contribution in [0.15, 0.2) is 23.1 Å². The van der Waals surface area contributed by atoms with Crippen molar-refractivity contribution in [1.82, 2.24) is 4.31 Å². The molecule has 1 aliphatic heterocycles. The lowest BCUT2D eigenvalue weighted by molar-refractivity contribution is -0.140. The van der Waals surface area contributed by atoms with Crippen LogP contribution in [-0.4, -0.2) is 37.0 Å². The Morgan fingerprint density at radius 3 is 2.50 bits per heavy atom. The minimum Gasteiger partial charge on any atom is -0.391 e. The summed E-state index contributed by atoms with van der Waals surface area (Å²) in [6.07, 6.45) is -5.47. The Morgan fingerprint density at radius 1 is 1.32 bits per heavy atom. The second-order valence-corrected chi connectivity index (χ2v) is 7.27. The van der Waals surface area contributed by atoms with Gasteiger partial charge in [0.1, 0.15) is 5.82 Å². The van der Waals surface area contributed by atoms with Crippen LogP contribution in [0, 0.1) is 11.7 Å². The van der Waals surface area contributed by atoms with Crippen molar-refractivity contribution in [3.63, 3.8) is 0 Å². The first-order chi connectivity index (χ1) is 10.0. The quantitative estimate of drug-likeness (QED) is 0.840. The molecule has 2 unspecified atom stereocenters. The number of sulfonamides is 1. The number of hydrogen-bond donors (Lipinski definition) is 1. The van der Waals surface area contributed by atoms with Crippen LogP contribution in [-0.2, 0) is 16.2 Å². The Labute approximate surface area is 125 Å². The molecule has 0 radical (unpaired) electrons. The van der Waals surface area contributed by atoms with E-state index in [4.69, 9.17) is 0 Å². The van der Waals surface area contributed by atoms with E-state index in [9.17, 15) is 31.1 Å². The van der Waals surface area contributed by atoms with Gasteiger partial charge in [0, 0.05) is 13.1 Å². The van der Waals surface area contributed by atoms with Crippen molar-refractivity contribution < 1.29 is 31.1 Å². The molecule has 0 aliphatic carbocycles. The predicted octanol–water partition coefficient (Wildman–Crippen LogP) is 2.24. The van der Waals surface area contributed by atoms with Gasteiger partial charge in [0.2, 0.25) is 10.0 Å². The first-order valence-corrected chi connectivity index (χ1v) is 8.02. The summed E-state index contributed by atoms with van der Waals surface area (Å²) in [4.78, 5) is -0.636. The third-order valence-corrected chi connectivity index (χ3v) is 5.62. The SMILES string of the molecule is CC1CCN(S(=O)(=O)c2ccc(F)c(C(F)(F)F)c2)CC1O. The highest BCUT2D eigenvalue weighted by molar-refractivity contribution is 7.89. The van der Waals surface area contributed by atoms with Crippen LogP contribution in [0.4, 0.5) is 17.6 Å². The molecule has 1 N–H and O–H groups in total. The van der Waals surface area contributed by atoms with E-state index >= 15 is 0 Å². The maximum absolute atomic E-state index is 13.2. The highest BCUT2D eigenvalue weighted by atomic mass is 32.2. The van der Waals surface area contributed by atoms with E-state index in [1.54, 1.807) is 6.92 Å². The monoisotopic (exact) mass is 341 g/mol. The zero-order valence-electron chi connectivity index (χ0n) is 11.6. The number of aliphatic hydroxyl groups excluding tert-OH is 1. The Hall–Kier alpha value is -1.19. The van der Waals surface area contributed by atoms with Gasteiger partial charge in [-0.25, -0.2) is 12.8 Å². The summed E-state index contributed by atoms with van der Waals surface area (Å²) in [6.45, 7) is 1.66. The van der Waals surface area contributed by atoms with Gasteiger partial charge in [-0.05, 0) is 30.5 Å². The lowest BCUT2D eigenvalue weighted by Crippen LogP contribution is -2.45. The maximum atomic E-state index is 13.2. The number of rotatable bonds is 2. The van der Waals surface area contributed by atoms with Gasteiger partial charge in [-0.2, -0.15) is 17.5 Å². The van der Waals surface area contributed by atoms with Crippen LogP contribution in [0.5, 0.6) is 0 Å². The van der Waals surface area contributed by atoms with Crippen molar-refractivity contribution >= 4 is 10.0 Å². The molecule has 1 aliphatic rings. The molecular formula is C13H15F4NO3S. The van der Waals surface area contributed by atoms with Crippen LogP contribution >= 0.6 is 0 Å².